The summed E-state index contributed by atoms with van der Waals surface area (Å²) >= 11 is 0.929. The largest absolute Gasteiger partial charge is 0.325 e. The van der Waals surface area contributed by atoms with Crippen molar-refractivity contribution >= 4 is 23.4 Å². The Balaban J connectivity index is 2.42. The fourth-order valence-corrected chi connectivity index (χ4v) is 1.08. The molecule has 66 valence electrons. The van der Waals surface area contributed by atoms with Gasteiger partial charge in [-0.15, -0.1) is 0 Å². The zero-order valence-corrected chi connectivity index (χ0v) is 7.67. The number of thiocyanates is 1. The van der Waals surface area contributed by atoms with Crippen LogP contribution in [-0.4, -0.2) is 11.7 Å². The number of para-hydroxylation sites is 1. The molecule has 1 amide bonds. The molecule has 0 unspecified atom stereocenters. The smallest absolute Gasteiger partial charge is 0.235 e. The highest BCUT2D eigenvalue weighted by Gasteiger charge is 2.00. The quantitative estimate of drug-likeness (QED) is 0.743. The standard InChI is InChI=1S/C9H8N2OS/c10-7-13-6-9(12)11-8-4-2-1-3-5-8/h1-5H,6H2,(H,11,12). The monoisotopic (exact) mass is 192 g/mol. The summed E-state index contributed by atoms with van der Waals surface area (Å²) < 4.78 is 0. The number of nitriles is 1. The maximum absolute atomic E-state index is 11.1. The molecule has 0 aliphatic heterocycles. The van der Waals surface area contributed by atoms with Crippen molar-refractivity contribution in [3.8, 4) is 5.40 Å². The molecule has 0 spiro atoms. The second kappa shape index (κ2) is 5.22. The molecule has 0 saturated heterocycles. The van der Waals surface area contributed by atoms with Crippen molar-refractivity contribution in [3.63, 3.8) is 0 Å². The molecule has 1 aromatic carbocycles. The Morgan fingerprint density at radius 3 is 2.77 bits per heavy atom. The highest BCUT2D eigenvalue weighted by molar-refractivity contribution is 8.04. The number of hydrogen-bond acceptors (Lipinski definition) is 3. The van der Waals surface area contributed by atoms with E-state index in [1.807, 2.05) is 23.6 Å². The molecule has 0 aliphatic carbocycles. The topological polar surface area (TPSA) is 52.9 Å². The van der Waals surface area contributed by atoms with E-state index in [0.717, 1.165) is 17.4 Å². The molecule has 0 saturated carbocycles. The summed E-state index contributed by atoms with van der Waals surface area (Å²) in [6, 6.07) is 9.16. The number of thioether (sulfide) groups is 1. The highest BCUT2D eigenvalue weighted by Crippen LogP contribution is 2.05. The molecule has 1 rings (SSSR count). The Kier molecular flexibility index (Phi) is 3.86. The molecular weight excluding hydrogens is 184 g/mol. The first-order valence-electron chi connectivity index (χ1n) is 3.68. The van der Waals surface area contributed by atoms with Gasteiger partial charge in [-0.3, -0.25) is 4.79 Å². The van der Waals surface area contributed by atoms with Crippen LogP contribution < -0.4 is 5.32 Å². The average molecular weight is 192 g/mol. The molecule has 0 fully saturated rings. The number of nitrogens with one attached hydrogen (secondary N) is 1. The van der Waals surface area contributed by atoms with Crippen LogP contribution in [0.15, 0.2) is 30.3 Å². The van der Waals surface area contributed by atoms with Crippen LogP contribution in [0.5, 0.6) is 0 Å². The minimum Gasteiger partial charge on any atom is -0.325 e. The Bertz CT molecular complexity index is 318. The van der Waals surface area contributed by atoms with Gasteiger partial charge < -0.3 is 5.32 Å². The third-order valence-electron chi connectivity index (χ3n) is 1.33. The second-order valence-electron chi connectivity index (χ2n) is 2.29. The van der Waals surface area contributed by atoms with Gasteiger partial charge in [0.2, 0.25) is 5.91 Å². The SMILES string of the molecule is N#CSCC(=O)Nc1ccccc1. The van der Waals surface area contributed by atoms with E-state index in [1.165, 1.54) is 0 Å². The predicted molar refractivity (Wildman–Crippen MR) is 53.1 cm³/mol. The van der Waals surface area contributed by atoms with E-state index in [9.17, 15) is 4.79 Å². The Hall–Kier alpha value is -1.47. The molecule has 3 nitrogen and oxygen atoms in total. The van der Waals surface area contributed by atoms with Gasteiger partial charge in [0.25, 0.3) is 0 Å². The third-order valence-corrected chi connectivity index (χ3v) is 1.86. The first-order valence-corrected chi connectivity index (χ1v) is 4.67. The molecule has 0 radical (unpaired) electrons. The molecule has 0 bridgehead atoms. The van der Waals surface area contributed by atoms with E-state index in [2.05, 4.69) is 5.32 Å². The van der Waals surface area contributed by atoms with Gasteiger partial charge in [-0.25, -0.2) is 0 Å². The summed E-state index contributed by atoms with van der Waals surface area (Å²) in [5, 5.41) is 12.7. The first-order chi connectivity index (χ1) is 6.33. The van der Waals surface area contributed by atoms with Crippen LogP contribution in [0.4, 0.5) is 5.69 Å². The average Bonchev–Trinajstić information content (AvgIpc) is 2.16. The number of carbonyl (C=O) groups is 1. The maximum Gasteiger partial charge on any atom is 0.235 e. The molecular formula is C9H8N2OS. The van der Waals surface area contributed by atoms with Crippen LogP contribution in [0.3, 0.4) is 0 Å². The molecule has 1 N–H and O–H groups in total. The fraction of sp³-hybridized carbons (Fsp3) is 0.111. The van der Waals surface area contributed by atoms with E-state index in [1.54, 1.807) is 12.1 Å². The summed E-state index contributed by atoms with van der Waals surface area (Å²) in [5.74, 6) is 0.0172. The number of anilines is 1. The Morgan fingerprint density at radius 1 is 1.46 bits per heavy atom. The van der Waals surface area contributed by atoms with Crippen molar-refractivity contribution in [1.29, 1.82) is 5.26 Å². The van der Waals surface area contributed by atoms with Crippen molar-refractivity contribution in [3.05, 3.63) is 30.3 Å². The number of carbonyl (C=O) groups excluding carboxylic acids is 1. The molecule has 4 heteroatoms. The molecule has 0 aliphatic rings. The summed E-state index contributed by atoms with van der Waals surface area (Å²) in [6.07, 6.45) is 0. The molecule has 1 aromatic rings. The Labute approximate surface area is 80.8 Å². The van der Waals surface area contributed by atoms with E-state index in [0.29, 0.717) is 0 Å². The summed E-state index contributed by atoms with van der Waals surface area (Å²) in [7, 11) is 0. The van der Waals surface area contributed by atoms with E-state index in [-0.39, 0.29) is 11.7 Å². The van der Waals surface area contributed by atoms with E-state index >= 15 is 0 Å². The zero-order chi connectivity index (χ0) is 9.52. The van der Waals surface area contributed by atoms with Gasteiger partial charge in [0.1, 0.15) is 5.40 Å². The van der Waals surface area contributed by atoms with Gasteiger partial charge >= 0.3 is 0 Å². The van der Waals surface area contributed by atoms with Crippen LogP contribution >= 0.6 is 11.8 Å². The lowest BCUT2D eigenvalue weighted by Crippen LogP contribution is -2.13. The van der Waals surface area contributed by atoms with Gasteiger partial charge in [0, 0.05) is 5.69 Å². The van der Waals surface area contributed by atoms with Crippen LogP contribution in [0, 0.1) is 10.7 Å². The van der Waals surface area contributed by atoms with Crippen molar-refractivity contribution in [1.82, 2.24) is 0 Å². The van der Waals surface area contributed by atoms with Crippen molar-refractivity contribution in [2.45, 2.75) is 0 Å². The minimum absolute atomic E-state index is 0.155. The predicted octanol–water partition coefficient (Wildman–Crippen LogP) is 1.84. The van der Waals surface area contributed by atoms with Gasteiger partial charge in [-0.1, -0.05) is 18.2 Å². The number of hydrogen-bond donors (Lipinski definition) is 1. The summed E-state index contributed by atoms with van der Waals surface area (Å²) in [4.78, 5) is 11.1. The minimum atomic E-state index is -0.155. The normalized spacial score (nSPS) is 8.85. The lowest BCUT2D eigenvalue weighted by Gasteiger charge is -2.01. The van der Waals surface area contributed by atoms with E-state index < -0.39 is 0 Å². The van der Waals surface area contributed by atoms with Crippen LogP contribution in [0.2, 0.25) is 0 Å². The molecule has 0 heterocycles. The summed E-state index contributed by atoms with van der Waals surface area (Å²) in [6.45, 7) is 0. The number of amides is 1. The molecule has 13 heavy (non-hydrogen) atoms. The summed E-state index contributed by atoms with van der Waals surface area (Å²) in [5.41, 5.74) is 0.756. The Morgan fingerprint density at radius 2 is 2.15 bits per heavy atom. The molecule has 0 atom stereocenters. The van der Waals surface area contributed by atoms with Crippen molar-refractivity contribution in [2.24, 2.45) is 0 Å². The van der Waals surface area contributed by atoms with Gasteiger partial charge in [0.05, 0.1) is 5.75 Å². The first kappa shape index (κ1) is 9.62. The second-order valence-corrected chi connectivity index (χ2v) is 3.05. The lowest BCUT2D eigenvalue weighted by atomic mass is 10.3. The third kappa shape index (κ3) is 3.63. The zero-order valence-electron chi connectivity index (χ0n) is 6.86. The van der Waals surface area contributed by atoms with Crippen LogP contribution in [0.1, 0.15) is 0 Å². The van der Waals surface area contributed by atoms with Gasteiger partial charge in [0.15, 0.2) is 0 Å². The number of nitrogens with zero attached hydrogens (tertiary/aromatic N) is 1. The van der Waals surface area contributed by atoms with Crippen molar-refractivity contribution < 1.29 is 4.79 Å². The lowest BCUT2D eigenvalue weighted by molar-refractivity contribution is -0.113. The number of rotatable bonds is 3. The molecule has 0 aromatic heterocycles. The maximum atomic E-state index is 11.1. The van der Waals surface area contributed by atoms with Crippen LogP contribution in [-0.2, 0) is 4.79 Å². The fourth-order valence-electron chi connectivity index (χ4n) is 0.816. The van der Waals surface area contributed by atoms with Gasteiger partial charge in [-0.05, 0) is 23.9 Å². The van der Waals surface area contributed by atoms with E-state index in [4.69, 9.17) is 5.26 Å². The van der Waals surface area contributed by atoms with Gasteiger partial charge in [-0.2, -0.15) is 5.26 Å². The van der Waals surface area contributed by atoms with Crippen LogP contribution in [0.25, 0.3) is 0 Å². The highest BCUT2D eigenvalue weighted by atomic mass is 32.2. The number of benzene rings is 1. The van der Waals surface area contributed by atoms with Crippen molar-refractivity contribution in [2.75, 3.05) is 11.1 Å².